The quantitative estimate of drug-likeness (QED) is 0.749. The first kappa shape index (κ1) is 15.3. The van der Waals surface area contributed by atoms with Gasteiger partial charge in [-0.2, -0.15) is 0 Å². The van der Waals surface area contributed by atoms with E-state index in [-0.39, 0.29) is 5.41 Å². The molecule has 0 unspecified atom stereocenters. The van der Waals surface area contributed by atoms with Gasteiger partial charge in [0.2, 0.25) is 0 Å². The van der Waals surface area contributed by atoms with Crippen molar-refractivity contribution < 1.29 is 5.11 Å². The predicted octanol–water partition coefficient (Wildman–Crippen LogP) is 5.22. The molecule has 0 spiro atoms. The van der Waals surface area contributed by atoms with Crippen molar-refractivity contribution in [1.82, 2.24) is 0 Å². The standard InChI is InChI=1S/C19H23NO/c1-4-19(3,5-2)17-13-9-10-15(18(17)21)14-20-16-11-7-6-8-12-16/h6-14,21H,4-5H2,1-3H3/b20-14+. The summed E-state index contributed by atoms with van der Waals surface area (Å²) in [5, 5.41) is 10.6. The van der Waals surface area contributed by atoms with E-state index in [1.807, 2.05) is 48.5 Å². The van der Waals surface area contributed by atoms with Crippen molar-refractivity contribution in [2.45, 2.75) is 39.0 Å². The third kappa shape index (κ3) is 3.33. The Bertz CT molecular complexity index is 613. The topological polar surface area (TPSA) is 32.6 Å². The van der Waals surface area contributed by atoms with Gasteiger partial charge in [0, 0.05) is 17.3 Å². The lowest BCUT2D eigenvalue weighted by Gasteiger charge is -2.28. The molecular formula is C19H23NO. The van der Waals surface area contributed by atoms with Crippen molar-refractivity contribution in [3.63, 3.8) is 0 Å². The molecule has 0 saturated carbocycles. The van der Waals surface area contributed by atoms with Crippen molar-refractivity contribution >= 4 is 11.9 Å². The molecule has 0 radical (unpaired) electrons. The number of aromatic hydroxyl groups is 1. The molecule has 21 heavy (non-hydrogen) atoms. The smallest absolute Gasteiger partial charge is 0.128 e. The molecule has 2 nitrogen and oxygen atoms in total. The van der Waals surface area contributed by atoms with E-state index in [4.69, 9.17) is 0 Å². The fourth-order valence-electron chi connectivity index (χ4n) is 2.44. The average molecular weight is 281 g/mol. The molecule has 2 aromatic carbocycles. The third-order valence-corrected chi connectivity index (χ3v) is 4.39. The summed E-state index contributed by atoms with van der Waals surface area (Å²) in [6.45, 7) is 6.52. The minimum absolute atomic E-state index is 0.000675. The molecule has 2 aromatic rings. The van der Waals surface area contributed by atoms with Gasteiger partial charge in [-0.25, -0.2) is 0 Å². The molecule has 0 atom stereocenters. The van der Waals surface area contributed by atoms with Crippen LogP contribution >= 0.6 is 0 Å². The highest BCUT2D eigenvalue weighted by Gasteiger charge is 2.26. The fourth-order valence-corrected chi connectivity index (χ4v) is 2.44. The molecule has 0 aliphatic rings. The first-order chi connectivity index (χ1) is 10.1. The van der Waals surface area contributed by atoms with Crippen LogP contribution in [0.4, 0.5) is 5.69 Å². The van der Waals surface area contributed by atoms with Crippen LogP contribution in [0.15, 0.2) is 53.5 Å². The van der Waals surface area contributed by atoms with Crippen LogP contribution in [0.25, 0.3) is 0 Å². The lowest BCUT2D eigenvalue weighted by Crippen LogP contribution is -2.20. The zero-order valence-electron chi connectivity index (χ0n) is 13.0. The van der Waals surface area contributed by atoms with E-state index in [0.717, 1.165) is 29.7 Å². The van der Waals surface area contributed by atoms with E-state index in [9.17, 15) is 5.11 Å². The molecule has 2 heteroatoms. The van der Waals surface area contributed by atoms with Gasteiger partial charge in [0.25, 0.3) is 0 Å². The maximum atomic E-state index is 10.6. The Morgan fingerprint density at radius 1 is 1.00 bits per heavy atom. The maximum absolute atomic E-state index is 10.6. The van der Waals surface area contributed by atoms with E-state index in [2.05, 4.69) is 25.8 Å². The number of hydrogen-bond donors (Lipinski definition) is 1. The number of phenolic OH excluding ortho intramolecular Hbond substituents is 1. The molecule has 0 saturated heterocycles. The van der Waals surface area contributed by atoms with Gasteiger partial charge in [-0.15, -0.1) is 0 Å². The van der Waals surface area contributed by atoms with E-state index in [0.29, 0.717) is 5.75 Å². The van der Waals surface area contributed by atoms with Gasteiger partial charge in [-0.1, -0.05) is 51.1 Å². The van der Waals surface area contributed by atoms with Crippen LogP contribution in [0, 0.1) is 0 Å². The molecule has 0 bridgehead atoms. The first-order valence-corrected chi connectivity index (χ1v) is 7.52. The summed E-state index contributed by atoms with van der Waals surface area (Å²) in [4.78, 5) is 4.43. The highest BCUT2D eigenvalue weighted by atomic mass is 16.3. The molecule has 0 aliphatic carbocycles. The second-order valence-corrected chi connectivity index (χ2v) is 5.60. The van der Waals surface area contributed by atoms with Crippen LogP contribution in [0.1, 0.15) is 44.7 Å². The normalized spacial score (nSPS) is 12.0. The van der Waals surface area contributed by atoms with Gasteiger partial charge in [0.15, 0.2) is 0 Å². The summed E-state index contributed by atoms with van der Waals surface area (Å²) in [5.74, 6) is 0.350. The fraction of sp³-hybridized carbons (Fsp3) is 0.316. The molecule has 0 heterocycles. The second kappa shape index (κ2) is 6.57. The van der Waals surface area contributed by atoms with Gasteiger partial charge < -0.3 is 5.11 Å². The summed E-state index contributed by atoms with van der Waals surface area (Å²) in [5.41, 5.74) is 2.66. The number of para-hydroxylation sites is 2. The highest BCUT2D eigenvalue weighted by Crippen LogP contribution is 2.37. The minimum Gasteiger partial charge on any atom is -0.507 e. The van der Waals surface area contributed by atoms with Crippen molar-refractivity contribution in [3.8, 4) is 5.75 Å². The lowest BCUT2D eigenvalue weighted by molar-refractivity contribution is 0.397. The summed E-state index contributed by atoms with van der Waals surface area (Å²) in [7, 11) is 0. The van der Waals surface area contributed by atoms with Crippen molar-refractivity contribution in [2.24, 2.45) is 4.99 Å². The number of aliphatic imine (C=N–C) groups is 1. The first-order valence-electron chi connectivity index (χ1n) is 7.52. The average Bonchev–Trinajstić information content (AvgIpc) is 2.54. The predicted molar refractivity (Wildman–Crippen MR) is 89.7 cm³/mol. The Morgan fingerprint density at radius 2 is 1.67 bits per heavy atom. The monoisotopic (exact) mass is 281 g/mol. The Morgan fingerprint density at radius 3 is 2.29 bits per heavy atom. The summed E-state index contributed by atoms with van der Waals surface area (Å²) in [6, 6.07) is 15.7. The Kier molecular flexibility index (Phi) is 4.79. The third-order valence-electron chi connectivity index (χ3n) is 4.39. The van der Waals surface area contributed by atoms with Gasteiger partial charge >= 0.3 is 0 Å². The zero-order valence-corrected chi connectivity index (χ0v) is 13.0. The largest absolute Gasteiger partial charge is 0.507 e. The van der Waals surface area contributed by atoms with E-state index in [1.54, 1.807) is 6.21 Å². The maximum Gasteiger partial charge on any atom is 0.128 e. The molecule has 0 aromatic heterocycles. The van der Waals surface area contributed by atoms with E-state index < -0.39 is 0 Å². The van der Waals surface area contributed by atoms with Gasteiger partial charge in [0.1, 0.15) is 5.75 Å². The minimum atomic E-state index is 0.000675. The Hall–Kier alpha value is -2.09. The van der Waals surface area contributed by atoms with Crippen LogP contribution in [0.5, 0.6) is 5.75 Å². The van der Waals surface area contributed by atoms with Gasteiger partial charge in [-0.3, -0.25) is 4.99 Å². The van der Waals surface area contributed by atoms with Gasteiger partial charge in [-0.05, 0) is 36.5 Å². The Labute approximate surface area is 127 Å². The Balaban J connectivity index is 2.37. The van der Waals surface area contributed by atoms with Gasteiger partial charge in [0.05, 0.1) is 5.69 Å². The van der Waals surface area contributed by atoms with Crippen LogP contribution < -0.4 is 0 Å². The van der Waals surface area contributed by atoms with Crippen LogP contribution in [-0.4, -0.2) is 11.3 Å². The van der Waals surface area contributed by atoms with Crippen molar-refractivity contribution in [2.75, 3.05) is 0 Å². The molecule has 0 fully saturated rings. The second-order valence-electron chi connectivity index (χ2n) is 5.60. The van der Waals surface area contributed by atoms with Crippen LogP contribution in [0.2, 0.25) is 0 Å². The lowest BCUT2D eigenvalue weighted by atomic mass is 9.77. The molecule has 0 aliphatic heterocycles. The van der Waals surface area contributed by atoms with Crippen molar-refractivity contribution in [1.29, 1.82) is 0 Å². The molecule has 2 rings (SSSR count). The molecular weight excluding hydrogens is 258 g/mol. The summed E-state index contributed by atoms with van der Waals surface area (Å²) in [6.07, 6.45) is 3.73. The van der Waals surface area contributed by atoms with Crippen LogP contribution in [0.3, 0.4) is 0 Å². The summed E-state index contributed by atoms with van der Waals surface area (Å²) >= 11 is 0. The zero-order chi connectivity index (χ0) is 15.3. The molecule has 1 N–H and O–H groups in total. The van der Waals surface area contributed by atoms with Crippen LogP contribution in [-0.2, 0) is 5.41 Å². The summed E-state index contributed by atoms with van der Waals surface area (Å²) < 4.78 is 0. The highest BCUT2D eigenvalue weighted by molar-refractivity contribution is 5.86. The number of phenols is 1. The number of benzene rings is 2. The SMILES string of the molecule is CCC(C)(CC)c1cccc(/C=N/c2ccccc2)c1O. The molecule has 0 amide bonds. The van der Waals surface area contributed by atoms with Crippen molar-refractivity contribution in [3.05, 3.63) is 59.7 Å². The molecule has 110 valence electrons. The van der Waals surface area contributed by atoms with E-state index >= 15 is 0 Å². The van der Waals surface area contributed by atoms with E-state index in [1.165, 1.54) is 0 Å². The number of rotatable bonds is 5. The number of hydrogen-bond acceptors (Lipinski definition) is 2. The number of nitrogens with zero attached hydrogens (tertiary/aromatic N) is 1.